The lowest BCUT2D eigenvalue weighted by Crippen LogP contribution is -2.35. The van der Waals surface area contributed by atoms with Gasteiger partial charge in [-0.05, 0) is 85.7 Å². The number of allylic oxidation sites excluding steroid dienone is 4. The van der Waals surface area contributed by atoms with Gasteiger partial charge in [0.05, 0.1) is 29.9 Å². The molecule has 5 nitrogen and oxygen atoms in total. The lowest BCUT2D eigenvalue weighted by Gasteiger charge is -2.44. The van der Waals surface area contributed by atoms with E-state index >= 15 is 0 Å². The molecular weight excluding hydrogens is 462 g/mol. The summed E-state index contributed by atoms with van der Waals surface area (Å²) in [6.07, 6.45) is 18.3. The van der Waals surface area contributed by atoms with Gasteiger partial charge in [0.2, 0.25) is 5.89 Å². The van der Waals surface area contributed by atoms with E-state index in [1.54, 1.807) is 6.20 Å². The monoisotopic (exact) mass is 507 g/mol. The van der Waals surface area contributed by atoms with Gasteiger partial charge in [0.25, 0.3) is 0 Å². The lowest BCUT2D eigenvalue weighted by molar-refractivity contribution is 0.0862. The zero-order valence-electron chi connectivity index (χ0n) is 22.8. The van der Waals surface area contributed by atoms with E-state index in [-0.39, 0.29) is 10.8 Å². The van der Waals surface area contributed by atoms with Crippen LogP contribution in [0.2, 0.25) is 0 Å². The summed E-state index contributed by atoms with van der Waals surface area (Å²) in [6.45, 7) is 10.9. The number of oxazole rings is 1. The molecule has 3 N–H and O–H groups in total. The van der Waals surface area contributed by atoms with Crippen LogP contribution in [-0.2, 0) is 11.8 Å². The zero-order chi connectivity index (χ0) is 26.4. The van der Waals surface area contributed by atoms with Crippen LogP contribution >= 0.6 is 0 Å². The number of hydrogen-bond acceptors (Lipinski definition) is 5. The van der Waals surface area contributed by atoms with E-state index in [2.05, 4.69) is 50.6 Å². The third-order valence-corrected chi connectivity index (χ3v) is 10.2. The van der Waals surface area contributed by atoms with E-state index < -0.39 is 18.3 Å². The number of fused-ring (bicyclic) bond motifs is 1. The molecule has 0 unspecified atom stereocenters. The number of hydrogen-bond donors (Lipinski definition) is 3. The minimum Gasteiger partial charge on any atom is -0.445 e. The van der Waals surface area contributed by atoms with Gasteiger partial charge < -0.3 is 19.7 Å². The molecule has 4 saturated carbocycles. The Morgan fingerprint density at radius 2 is 1.97 bits per heavy atom. The van der Waals surface area contributed by atoms with Gasteiger partial charge in [-0.3, -0.25) is 0 Å². The van der Waals surface area contributed by atoms with Crippen molar-refractivity contribution in [3.63, 3.8) is 0 Å². The number of aryl methyl sites for hydroxylation is 1. The summed E-state index contributed by atoms with van der Waals surface area (Å²) in [4.78, 5) is 4.48. The molecule has 0 aromatic carbocycles. The lowest BCUT2D eigenvalue weighted by atomic mass is 9.61. The van der Waals surface area contributed by atoms with Crippen LogP contribution in [0, 0.1) is 23.2 Å². The van der Waals surface area contributed by atoms with Gasteiger partial charge in [0, 0.05) is 12.8 Å². The molecule has 0 amide bonds. The van der Waals surface area contributed by atoms with Gasteiger partial charge >= 0.3 is 0 Å². The van der Waals surface area contributed by atoms with Crippen LogP contribution in [0.15, 0.2) is 58.2 Å². The number of aliphatic hydroxyl groups is 3. The topological polar surface area (TPSA) is 86.7 Å². The van der Waals surface area contributed by atoms with Gasteiger partial charge in [-0.1, -0.05) is 57.2 Å². The maximum atomic E-state index is 11.1. The molecule has 5 rings (SSSR count). The number of aromatic nitrogens is 1. The Morgan fingerprint density at radius 3 is 2.68 bits per heavy atom. The predicted octanol–water partition coefficient (Wildman–Crippen LogP) is 5.96. The Kier molecular flexibility index (Phi) is 7.43. The average molecular weight is 508 g/mol. The van der Waals surface area contributed by atoms with Crippen molar-refractivity contribution in [3.05, 3.63) is 65.5 Å². The van der Waals surface area contributed by atoms with Crippen LogP contribution in [0.1, 0.15) is 90.2 Å². The normalized spacial score (nSPS) is 37.3. The largest absolute Gasteiger partial charge is 0.445 e. The van der Waals surface area contributed by atoms with E-state index in [1.807, 2.05) is 6.08 Å². The predicted molar refractivity (Wildman–Crippen MR) is 146 cm³/mol. The Balaban J connectivity index is 1.28. The van der Waals surface area contributed by atoms with Crippen molar-refractivity contribution in [1.82, 2.24) is 4.98 Å². The number of aliphatic hydroxyl groups excluding tert-OH is 3. The molecule has 0 radical (unpaired) electrons. The van der Waals surface area contributed by atoms with E-state index in [0.29, 0.717) is 36.5 Å². The summed E-state index contributed by atoms with van der Waals surface area (Å²) >= 11 is 0. The highest BCUT2D eigenvalue weighted by Gasteiger charge is 2.54. The number of rotatable bonds is 7. The van der Waals surface area contributed by atoms with Gasteiger partial charge in [-0.2, -0.15) is 0 Å². The summed E-state index contributed by atoms with van der Waals surface area (Å²) in [5, 5.41) is 31.4. The Labute approximate surface area is 222 Å². The van der Waals surface area contributed by atoms with Crippen molar-refractivity contribution in [2.45, 2.75) is 109 Å². The summed E-state index contributed by atoms with van der Waals surface area (Å²) in [6, 6.07) is 0. The van der Waals surface area contributed by atoms with Crippen molar-refractivity contribution in [1.29, 1.82) is 0 Å². The second kappa shape index (κ2) is 10.3. The second-order valence-corrected chi connectivity index (χ2v) is 12.5. The highest BCUT2D eigenvalue weighted by Crippen LogP contribution is 2.60. The molecule has 7 atom stereocenters. The van der Waals surface area contributed by atoms with Crippen LogP contribution in [0.25, 0.3) is 0 Å². The van der Waals surface area contributed by atoms with E-state index in [1.165, 1.54) is 31.3 Å². The average Bonchev–Trinajstić information content (AvgIpc) is 3.39. The summed E-state index contributed by atoms with van der Waals surface area (Å²) in [7, 11) is 0. The molecule has 1 aromatic rings. The van der Waals surface area contributed by atoms with Gasteiger partial charge in [-0.25, -0.2) is 4.98 Å². The van der Waals surface area contributed by atoms with Gasteiger partial charge in [-0.15, -0.1) is 0 Å². The van der Waals surface area contributed by atoms with Crippen LogP contribution in [0.3, 0.4) is 0 Å². The molecule has 37 heavy (non-hydrogen) atoms. The molecule has 4 fully saturated rings. The zero-order valence-corrected chi connectivity index (χ0v) is 22.8. The summed E-state index contributed by atoms with van der Waals surface area (Å²) in [5.41, 5.74) is 3.15. The molecule has 0 aliphatic heterocycles. The maximum absolute atomic E-state index is 11.1. The fourth-order valence-electron chi connectivity index (χ4n) is 7.68. The van der Waals surface area contributed by atoms with Gasteiger partial charge in [0.15, 0.2) is 0 Å². The molecule has 1 heterocycles. The van der Waals surface area contributed by atoms with Crippen molar-refractivity contribution in [2.75, 3.05) is 0 Å². The maximum Gasteiger partial charge on any atom is 0.203 e. The van der Waals surface area contributed by atoms with E-state index in [0.717, 1.165) is 42.6 Å². The van der Waals surface area contributed by atoms with Crippen molar-refractivity contribution in [3.8, 4) is 0 Å². The fourth-order valence-corrected chi connectivity index (χ4v) is 7.68. The van der Waals surface area contributed by atoms with E-state index in [9.17, 15) is 15.3 Å². The Morgan fingerprint density at radius 1 is 1.19 bits per heavy atom. The highest BCUT2D eigenvalue weighted by molar-refractivity contribution is 5.38. The molecule has 1 aromatic heterocycles. The third-order valence-electron chi connectivity index (χ3n) is 10.2. The summed E-state index contributed by atoms with van der Waals surface area (Å²) < 4.78 is 5.92. The first kappa shape index (κ1) is 26.6. The second-order valence-electron chi connectivity index (χ2n) is 12.5. The highest BCUT2D eigenvalue weighted by atomic mass is 16.4. The van der Waals surface area contributed by atoms with Crippen LogP contribution in [-0.4, -0.2) is 38.6 Å². The third kappa shape index (κ3) is 4.95. The first-order valence-electron chi connectivity index (χ1n) is 14.4. The first-order valence-corrected chi connectivity index (χ1v) is 14.4. The van der Waals surface area contributed by atoms with Crippen molar-refractivity contribution < 1.29 is 19.7 Å². The number of nitrogens with zero attached hydrogens (tertiary/aromatic N) is 1. The molecule has 0 spiro atoms. The van der Waals surface area contributed by atoms with Crippen LogP contribution < -0.4 is 0 Å². The minimum absolute atomic E-state index is 0.246. The molecule has 202 valence electrons. The minimum atomic E-state index is -0.643. The van der Waals surface area contributed by atoms with Crippen molar-refractivity contribution >= 4 is 0 Å². The molecule has 4 aliphatic rings. The Hall–Kier alpha value is -1.95. The quantitative estimate of drug-likeness (QED) is 0.396. The summed E-state index contributed by atoms with van der Waals surface area (Å²) in [5.74, 6) is 3.10. The molecule has 5 heteroatoms. The SMILES string of the molecule is C=C1/C(=C/C=C2\CCC[C@]3(C)[C@@H]([C@H](C)/C=C/[C@@H](O)C4(c5ncc(CC)o5)CC4)CC[C@@H]23)C[C@@H](O)C[C@@H]1O. The molecular formula is C32H45NO4. The standard InChI is InChI=1S/C32H45NO4/c1-5-25-19-33-30(37-25)32(15-16-32)29(36)13-8-20(2)26-11-12-27-22(7-6-14-31(26,27)4)9-10-23-17-24(34)18-28(35)21(23)3/h8-10,13,19-20,24,26-29,34-36H,3,5-7,11-12,14-18H2,1-2,4H3/b13-8+,22-9+,23-10+/t20-,24-,26-,27+,28+,29-,31-/m1/s1. The smallest absolute Gasteiger partial charge is 0.203 e. The molecule has 0 bridgehead atoms. The van der Waals surface area contributed by atoms with Crippen LogP contribution in [0.4, 0.5) is 0 Å². The van der Waals surface area contributed by atoms with E-state index in [4.69, 9.17) is 4.42 Å². The molecule has 4 aliphatic carbocycles. The molecule has 0 saturated heterocycles. The first-order chi connectivity index (χ1) is 17.7. The fraction of sp³-hybridized carbons (Fsp3) is 0.656. The van der Waals surface area contributed by atoms with Crippen molar-refractivity contribution in [2.24, 2.45) is 23.2 Å². The van der Waals surface area contributed by atoms with Gasteiger partial charge in [0.1, 0.15) is 5.76 Å². The Bertz CT molecular complexity index is 1090. The van der Waals surface area contributed by atoms with Crippen LogP contribution in [0.5, 0.6) is 0 Å².